The zero-order chi connectivity index (χ0) is 25.8. The first-order valence-electron chi connectivity index (χ1n) is 9.97. The van der Waals surface area contributed by atoms with Gasteiger partial charge in [0.2, 0.25) is 0 Å². The van der Waals surface area contributed by atoms with Gasteiger partial charge < -0.3 is 14.8 Å². The number of carbonyl (C=O) groups excluding carboxylic acids is 2. The number of pyridine rings is 1. The summed E-state index contributed by atoms with van der Waals surface area (Å²) >= 11 is 0. The maximum atomic E-state index is 12.7. The highest BCUT2D eigenvalue weighted by atomic mass is 19.4. The number of amides is 1. The number of carbonyl (C=O) groups is 2. The van der Waals surface area contributed by atoms with Gasteiger partial charge >= 0.3 is 12.1 Å². The summed E-state index contributed by atoms with van der Waals surface area (Å²) in [5, 5.41) is 17.5. The van der Waals surface area contributed by atoms with Gasteiger partial charge in [-0.2, -0.15) is 18.3 Å². The van der Waals surface area contributed by atoms with Crippen LogP contribution in [0.15, 0.2) is 42.7 Å². The number of nitrogens with zero attached hydrogens (tertiary/aromatic N) is 4. The highest BCUT2D eigenvalue weighted by Crippen LogP contribution is 2.30. The zero-order valence-corrected chi connectivity index (χ0v) is 18.3. The molecule has 3 rings (SSSR count). The zero-order valence-electron chi connectivity index (χ0n) is 18.3. The monoisotopic (exact) mass is 493 g/mol. The Morgan fingerprint density at radius 3 is 2.54 bits per heavy atom. The molecule has 14 heteroatoms. The summed E-state index contributed by atoms with van der Waals surface area (Å²) in [6.07, 6.45) is -2.79. The Balaban J connectivity index is 1.66. The molecule has 0 saturated carbocycles. The summed E-state index contributed by atoms with van der Waals surface area (Å²) in [5.74, 6) is -1.48. The summed E-state index contributed by atoms with van der Waals surface area (Å²) in [4.78, 5) is 38.9. The van der Waals surface area contributed by atoms with Crippen LogP contribution in [0.4, 0.5) is 24.5 Å². The van der Waals surface area contributed by atoms with Crippen molar-refractivity contribution in [2.45, 2.75) is 20.0 Å². The minimum absolute atomic E-state index is 0.0371. The lowest BCUT2D eigenvalue weighted by Gasteiger charge is -2.09. The SMILES string of the molecule is CCOc1ccc(NC(=O)COC(=O)c2cnn(-c3ccc(C(F)(F)F)cn3)c2C)c([N+](=O)[O-])c1. The van der Waals surface area contributed by atoms with E-state index < -0.39 is 40.8 Å². The van der Waals surface area contributed by atoms with Crippen LogP contribution in [0, 0.1) is 17.0 Å². The van der Waals surface area contributed by atoms with Crippen LogP contribution in [0.25, 0.3) is 5.82 Å². The molecular formula is C21H18F3N5O6. The molecule has 0 aliphatic rings. The summed E-state index contributed by atoms with van der Waals surface area (Å²) in [6, 6.07) is 5.79. The average molecular weight is 493 g/mol. The smallest absolute Gasteiger partial charge is 0.417 e. The molecule has 3 aromatic rings. The van der Waals surface area contributed by atoms with Gasteiger partial charge in [-0.3, -0.25) is 14.9 Å². The number of benzene rings is 1. The Morgan fingerprint density at radius 1 is 1.20 bits per heavy atom. The van der Waals surface area contributed by atoms with Gasteiger partial charge in [-0.05, 0) is 38.1 Å². The van der Waals surface area contributed by atoms with E-state index in [1.165, 1.54) is 19.1 Å². The van der Waals surface area contributed by atoms with E-state index in [1.54, 1.807) is 6.92 Å². The third-order valence-electron chi connectivity index (χ3n) is 4.61. The lowest BCUT2D eigenvalue weighted by molar-refractivity contribution is -0.384. The van der Waals surface area contributed by atoms with E-state index in [1.807, 2.05) is 0 Å². The molecule has 2 heterocycles. The summed E-state index contributed by atoms with van der Waals surface area (Å²) in [6.45, 7) is 2.71. The predicted octanol–water partition coefficient (Wildman–Crippen LogP) is 3.70. The fourth-order valence-electron chi connectivity index (χ4n) is 2.94. The molecule has 0 bridgehead atoms. The maximum absolute atomic E-state index is 12.7. The van der Waals surface area contributed by atoms with Crippen molar-refractivity contribution in [3.05, 3.63) is 69.7 Å². The molecule has 0 saturated heterocycles. The Hall–Kier alpha value is -4.49. The van der Waals surface area contributed by atoms with E-state index >= 15 is 0 Å². The Bertz CT molecular complexity index is 1260. The number of alkyl halides is 3. The molecule has 0 aliphatic carbocycles. The van der Waals surface area contributed by atoms with Crippen LogP contribution in [-0.4, -0.2) is 44.8 Å². The topological polar surface area (TPSA) is 138 Å². The first-order chi connectivity index (χ1) is 16.5. The molecule has 35 heavy (non-hydrogen) atoms. The molecule has 0 fully saturated rings. The van der Waals surface area contributed by atoms with Gasteiger partial charge in [0.25, 0.3) is 11.6 Å². The number of esters is 1. The molecule has 2 aromatic heterocycles. The quantitative estimate of drug-likeness (QED) is 0.285. The summed E-state index contributed by atoms with van der Waals surface area (Å²) < 4.78 is 49.4. The second-order valence-electron chi connectivity index (χ2n) is 6.95. The molecule has 11 nitrogen and oxygen atoms in total. The van der Waals surface area contributed by atoms with Gasteiger partial charge in [-0.15, -0.1) is 0 Å². The van der Waals surface area contributed by atoms with Crippen LogP contribution in [-0.2, 0) is 15.7 Å². The van der Waals surface area contributed by atoms with Crippen LogP contribution in [0.3, 0.4) is 0 Å². The fourth-order valence-corrected chi connectivity index (χ4v) is 2.94. The number of ether oxygens (including phenoxy) is 2. The molecule has 1 amide bonds. The van der Waals surface area contributed by atoms with Gasteiger partial charge in [0.05, 0.1) is 35.1 Å². The van der Waals surface area contributed by atoms with Gasteiger partial charge in [0.15, 0.2) is 12.4 Å². The largest absolute Gasteiger partial charge is 0.494 e. The standard InChI is InChI=1S/C21H18F3N5O6/c1-3-34-14-5-6-16(17(8-14)29(32)33)27-19(30)11-35-20(31)15-10-26-28(12(15)2)18-7-4-13(9-25-18)21(22,23)24/h4-10H,3,11H2,1-2H3,(H,27,30). The number of rotatable bonds is 8. The number of anilines is 1. The number of nitro benzene ring substituents is 1. The number of nitro groups is 1. The van der Waals surface area contributed by atoms with Gasteiger partial charge in [0, 0.05) is 6.20 Å². The van der Waals surface area contributed by atoms with Gasteiger partial charge in [0.1, 0.15) is 17.0 Å². The highest BCUT2D eigenvalue weighted by Gasteiger charge is 2.31. The second-order valence-corrected chi connectivity index (χ2v) is 6.95. The van der Waals surface area contributed by atoms with E-state index in [-0.39, 0.29) is 28.5 Å². The summed E-state index contributed by atoms with van der Waals surface area (Å²) in [5.41, 5.74) is -1.30. The molecule has 1 aromatic carbocycles. The van der Waals surface area contributed by atoms with Crippen LogP contribution in [0.5, 0.6) is 5.75 Å². The number of hydrogen-bond acceptors (Lipinski definition) is 8. The minimum Gasteiger partial charge on any atom is -0.494 e. The maximum Gasteiger partial charge on any atom is 0.417 e. The highest BCUT2D eigenvalue weighted by molar-refractivity contribution is 5.97. The predicted molar refractivity (Wildman–Crippen MR) is 114 cm³/mol. The number of nitrogens with one attached hydrogen (secondary N) is 1. The summed E-state index contributed by atoms with van der Waals surface area (Å²) in [7, 11) is 0. The van der Waals surface area contributed by atoms with Crippen LogP contribution >= 0.6 is 0 Å². The van der Waals surface area contributed by atoms with Crippen molar-refractivity contribution in [3.63, 3.8) is 0 Å². The second kappa shape index (κ2) is 10.2. The van der Waals surface area contributed by atoms with Crippen LogP contribution in [0.2, 0.25) is 0 Å². The van der Waals surface area contributed by atoms with Crippen molar-refractivity contribution in [1.29, 1.82) is 0 Å². The molecule has 1 N–H and O–H groups in total. The van der Waals surface area contributed by atoms with Crippen molar-refractivity contribution < 1.29 is 37.2 Å². The Kier molecular flexibility index (Phi) is 7.32. The number of halogens is 3. The molecule has 0 radical (unpaired) electrons. The van der Waals surface area contributed by atoms with Crippen LogP contribution in [0.1, 0.15) is 28.5 Å². The van der Waals surface area contributed by atoms with Crippen LogP contribution < -0.4 is 10.1 Å². The average Bonchev–Trinajstić information content (AvgIpc) is 3.19. The van der Waals surface area contributed by atoms with Gasteiger partial charge in [-0.25, -0.2) is 14.5 Å². The Labute approximate surface area is 195 Å². The normalized spacial score (nSPS) is 11.1. The lowest BCUT2D eigenvalue weighted by Crippen LogP contribution is -2.21. The molecular weight excluding hydrogens is 475 g/mol. The molecule has 0 atom stereocenters. The van der Waals surface area contributed by atoms with Crippen molar-refractivity contribution >= 4 is 23.3 Å². The van der Waals surface area contributed by atoms with Crippen molar-refractivity contribution in [2.24, 2.45) is 0 Å². The van der Waals surface area contributed by atoms with Crippen molar-refractivity contribution in [2.75, 3.05) is 18.5 Å². The first-order valence-corrected chi connectivity index (χ1v) is 9.97. The molecule has 0 spiro atoms. The molecule has 0 aliphatic heterocycles. The molecule has 184 valence electrons. The van der Waals surface area contributed by atoms with E-state index in [4.69, 9.17) is 9.47 Å². The third kappa shape index (κ3) is 5.90. The Morgan fingerprint density at radius 2 is 1.94 bits per heavy atom. The van der Waals surface area contributed by atoms with Crippen molar-refractivity contribution in [1.82, 2.24) is 14.8 Å². The lowest BCUT2D eigenvalue weighted by atomic mass is 10.2. The third-order valence-corrected chi connectivity index (χ3v) is 4.61. The first kappa shape index (κ1) is 25.1. The van der Waals surface area contributed by atoms with E-state index in [0.29, 0.717) is 12.8 Å². The van der Waals surface area contributed by atoms with E-state index in [2.05, 4.69) is 15.4 Å². The van der Waals surface area contributed by atoms with Gasteiger partial charge in [-0.1, -0.05) is 0 Å². The fraction of sp³-hybridized carbons (Fsp3) is 0.238. The van der Waals surface area contributed by atoms with Crippen molar-refractivity contribution in [3.8, 4) is 11.6 Å². The number of hydrogen-bond donors (Lipinski definition) is 1. The molecule has 0 unspecified atom stereocenters. The minimum atomic E-state index is -4.55. The van der Waals surface area contributed by atoms with E-state index in [9.17, 15) is 32.9 Å². The van der Waals surface area contributed by atoms with E-state index in [0.717, 1.165) is 29.1 Å². The number of aromatic nitrogens is 3.